The van der Waals surface area contributed by atoms with Gasteiger partial charge in [0.1, 0.15) is 32.2 Å². The number of rotatable bonds is 7. The molecule has 1 aliphatic rings. The third-order valence-electron chi connectivity index (χ3n) is 6.87. The molecule has 1 aliphatic heterocycles. The van der Waals surface area contributed by atoms with Gasteiger partial charge >= 0.3 is 6.09 Å². The first-order valence-corrected chi connectivity index (χ1v) is 16.1. The maximum Gasteiger partial charge on any atom is 0.410 e. The number of halogens is 2. The average molecular weight is 566 g/mol. The van der Waals surface area contributed by atoms with Crippen LogP contribution in [0.4, 0.5) is 9.18 Å². The number of aromatic nitrogens is 1. The first-order chi connectivity index (χ1) is 15.3. The van der Waals surface area contributed by atoms with Gasteiger partial charge in [-0.25, -0.2) is 22.7 Å². The summed E-state index contributed by atoms with van der Waals surface area (Å²) < 4.78 is 33.7. The summed E-state index contributed by atoms with van der Waals surface area (Å²) in [5.41, 5.74) is -1.41. The number of hydrogen-bond donors (Lipinski definition) is 3. The normalized spacial score (nSPS) is 24.8. The Kier molecular flexibility index (Phi) is 8.52. The minimum atomic E-state index is -3.18. The van der Waals surface area contributed by atoms with Gasteiger partial charge in [-0.15, -0.1) is 0 Å². The van der Waals surface area contributed by atoms with Crippen molar-refractivity contribution in [2.45, 2.75) is 70.0 Å². The van der Waals surface area contributed by atoms with E-state index in [4.69, 9.17) is 0 Å². The van der Waals surface area contributed by atoms with Gasteiger partial charge in [0.2, 0.25) is 0 Å². The van der Waals surface area contributed by atoms with Crippen LogP contribution in [0.3, 0.4) is 0 Å². The predicted octanol–water partition coefficient (Wildman–Crippen LogP) is 3.83. The molecular weight excluding hydrogens is 531 g/mol. The molecular formula is C21H34BrFN4O4SSi. The Labute approximate surface area is 204 Å². The molecule has 0 saturated carbocycles. The van der Waals surface area contributed by atoms with Crippen LogP contribution in [0.5, 0.6) is 0 Å². The monoisotopic (exact) mass is 564 g/mol. The second-order valence-electron chi connectivity index (χ2n) is 9.03. The van der Waals surface area contributed by atoms with Gasteiger partial charge in [-0.2, -0.15) is 0 Å². The summed E-state index contributed by atoms with van der Waals surface area (Å²) in [6.07, 6.45) is -1.37. The van der Waals surface area contributed by atoms with Crippen molar-refractivity contribution in [2.75, 3.05) is 18.9 Å². The number of carbonyl (C=O) groups is 1. The molecule has 33 heavy (non-hydrogen) atoms. The second-order valence-corrected chi connectivity index (χ2v) is 17.9. The van der Waals surface area contributed by atoms with Crippen LogP contribution in [0.25, 0.3) is 0 Å². The van der Waals surface area contributed by atoms with E-state index in [0.717, 1.165) is 18.1 Å². The molecule has 0 saturated heterocycles. The fourth-order valence-electron chi connectivity index (χ4n) is 4.48. The van der Waals surface area contributed by atoms with Gasteiger partial charge < -0.3 is 10.2 Å². The van der Waals surface area contributed by atoms with Crippen molar-refractivity contribution in [3.8, 4) is 0 Å². The Morgan fingerprint density at radius 2 is 1.88 bits per heavy atom. The molecule has 2 atom stereocenters. The summed E-state index contributed by atoms with van der Waals surface area (Å²) in [7, 11) is -5.33. The molecule has 2 rings (SSSR count). The van der Waals surface area contributed by atoms with E-state index in [1.165, 1.54) is 0 Å². The summed E-state index contributed by atoms with van der Waals surface area (Å²) in [5.74, 6) is -0.695. The Morgan fingerprint density at radius 3 is 2.36 bits per heavy atom. The highest BCUT2D eigenvalue weighted by Crippen LogP contribution is 2.39. The lowest BCUT2D eigenvalue weighted by molar-refractivity contribution is 0.199. The molecule has 0 fully saturated rings. The van der Waals surface area contributed by atoms with Gasteiger partial charge in [-0.3, -0.25) is 10.3 Å². The minimum absolute atomic E-state index is 0.0196. The van der Waals surface area contributed by atoms with Crippen molar-refractivity contribution in [2.24, 2.45) is 9.36 Å². The van der Waals surface area contributed by atoms with E-state index in [-0.39, 0.29) is 30.4 Å². The van der Waals surface area contributed by atoms with Crippen LogP contribution < -0.4 is 10.5 Å². The van der Waals surface area contributed by atoms with E-state index >= 15 is 4.39 Å². The van der Waals surface area contributed by atoms with Crippen LogP contribution in [0.15, 0.2) is 20.0 Å². The van der Waals surface area contributed by atoms with E-state index in [2.05, 4.69) is 56.4 Å². The number of amides is 1. The minimum Gasteiger partial charge on any atom is -0.465 e. The van der Waals surface area contributed by atoms with E-state index in [0.29, 0.717) is 9.79 Å². The number of aliphatic hydroxyl groups is 1. The van der Waals surface area contributed by atoms with Gasteiger partial charge in [0.15, 0.2) is 0 Å². The maximum absolute atomic E-state index is 16.2. The number of aliphatic imine (C=N–C) groups is 1. The first kappa shape index (κ1) is 27.9. The van der Waals surface area contributed by atoms with Crippen LogP contribution >= 0.6 is 15.9 Å². The standard InChI is InChI=1S/C21H34BrFN4O4SSi/c1-7-33(8-2,9-3)14-12-15(22)25-17(16(14)23)21(6)13-32(31,24-10-11-28)20(4,5)18(27-21)26-19(29)30/h12,28H,7-11,13H2,1-6H3,(H,26,27)(H,29,30)/t21-,32+/m0/s1. The highest BCUT2D eigenvalue weighted by molar-refractivity contribution is 9.10. The molecule has 0 spiro atoms. The zero-order valence-corrected chi connectivity index (χ0v) is 23.4. The quantitative estimate of drug-likeness (QED) is 0.343. The topological polar surface area (TPSA) is 124 Å². The smallest absolute Gasteiger partial charge is 0.410 e. The van der Waals surface area contributed by atoms with E-state index in [1.807, 2.05) is 0 Å². The third kappa shape index (κ3) is 5.03. The maximum atomic E-state index is 16.2. The van der Waals surface area contributed by atoms with Gasteiger partial charge in [-0.05, 0) is 48.0 Å². The number of nitrogens with zero attached hydrogens (tertiary/aromatic N) is 3. The summed E-state index contributed by atoms with van der Waals surface area (Å²) in [4.78, 5) is 20.5. The molecule has 0 aromatic carbocycles. The van der Waals surface area contributed by atoms with Crippen LogP contribution in [0, 0.1) is 5.82 Å². The van der Waals surface area contributed by atoms with Crippen LogP contribution in [-0.4, -0.2) is 63.1 Å². The zero-order valence-electron chi connectivity index (χ0n) is 20.0. The Hall–Kier alpha value is -1.37. The molecule has 3 N–H and O–H groups in total. The van der Waals surface area contributed by atoms with Gasteiger partial charge in [0.25, 0.3) is 0 Å². The molecule has 0 bridgehead atoms. The number of pyridine rings is 1. The molecule has 2 heterocycles. The van der Waals surface area contributed by atoms with Crippen molar-refractivity contribution < 1.29 is 23.6 Å². The largest absolute Gasteiger partial charge is 0.465 e. The second kappa shape index (κ2) is 10.1. The first-order valence-electron chi connectivity index (χ1n) is 11.0. The van der Waals surface area contributed by atoms with Crippen molar-refractivity contribution in [3.05, 3.63) is 22.2 Å². The SMILES string of the molecule is CC[Si](CC)(CC)c1cc(Br)nc([C@]2(C)C[S@](=O)(=NCCO)C(C)(C)C(NC(=O)O)=N2)c1F. The van der Waals surface area contributed by atoms with Crippen LogP contribution in [0.1, 0.15) is 47.2 Å². The Bertz CT molecular complexity index is 1060. The molecule has 0 aliphatic carbocycles. The van der Waals surface area contributed by atoms with E-state index in [1.54, 1.807) is 26.8 Å². The fraction of sp³-hybridized carbons (Fsp3) is 0.667. The van der Waals surface area contributed by atoms with Gasteiger partial charge in [0.05, 0.1) is 36.7 Å². The predicted molar refractivity (Wildman–Crippen MR) is 136 cm³/mol. The highest BCUT2D eigenvalue weighted by Gasteiger charge is 2.51. The molecule has 0 radical (unpaired) electrons. The third-order valence-corrected chi connectivity index (χ3v) is 16.2. The van der Waals surface area contributed by atoms with Crippen molar-refractivity contribution >= 4 is 50.8 Å². The number of nitrogens with one attached hydrogen (secondary N) is 1. The van der Waals surface area contributed by atoms with Crippen LogP contribution in [-0.2, 0) is 15.3 Å². The number of carboxylic acid groups (broad SMARTS) is 1. The lowest BCUT2D eigenvalue weighted by Crippen LogP contribution is -2.58. The van der Waals surface area contributed by atoms with Crippen molar-refractivity contribution in [3.63, 3.8) is 0 Å². The zero-order chi connectivity index (χ0) is 25.2. The van der Waals surface area contributed by atoms with Crippen molar-refractivity contribution in [1.82, 2.24) is 10.3 Å². The summed E-state index contributed by atoms with van der Waals surface area (Å²) in [5, 5.41) is 21.6. The lowest BCUT2D eigenvalue weighted by atomic mass is 9.98. The highest BCUT2D eigenvalue weighted by atomic mass is 79.9. The van der Waals surface area contributed by atoms with Crippen LogP contribution in [0.2, 0.25) is 18.1 Å². The fourth-order valence-corrected chi connectivity index (χ4v) is 11.3. The molecule has 1 amide bonds. The average Bonchev–Trinajstić information content (AvgIpc) is 2.74. The Balaban J connectivity index is 2.89. The van der Waals surface area contributed by atoms with Crippen molar-refractivity contribution in [1.29, 1.82) is 0 Å². The van der Waals surface area contributed by atoms with Gasteiger partial charge in [-0.1, -0.05) is 38.9 Å². The molecule has 1 aromatic rings. The Morgan fingerprint density at radius 1 is 1.30 bits per heavy atom. The van der Waals surface area contributed by atoms with E-state index in [9.17, 15) is 19.2 Å². The summed E-state index contributed by atoms with van der Waals surface area (Å²) in [6, 6.07) is 4.31. The van der Waals surface area contributed by atoms with Gasteiger partial charge in [0, 0.05) is 0 Å². The number of aliphatic hydroxyl groups excluding tert-OH is 1. The molecule has 186 valence electrons. The molecule has 0 unspecified atom stereocenters. The molecule has 1 aromatic heterocycles. The summed E-state index contributed by atoms with van der Waals surface area (Å²) in [6.45, 7) is 10.6. The molecule has 12 heteroatoms. The lowest BCUT2D eigenvalue weighted by Gasteiger charge is -2.41. The molecule has 8 nitrogen and oxygen atoms in total. The number of amidine groups is 1. The van der Waals surface area contributed by atoms with E-state index < -0.39 is 40.0 Å². The summed E-state index contributed by atoms with van der Waals surface area (Å²) >= 11 is 3.42. The number of hydrogen-bond acceptors (Lipinski definition) is 6.